The summed E-state index contributed by atoms with van der Waals surface area (Å²) in [6.07, 6.45) is 3.73. The highest BCUT2D eigenvalue weighted by atomic mass is 16.1. The number of rotatable bonds is 7. The highest BCUT2D eigenvalue weighted by molar-refractivity contribution is 5.93. The van der Waals surface area contributed by atoms with Gasteiger partial charge in [-0.25, -0.2) is 0 Å². The van der Waals surface area contributed by atoms with Gasteiger partial charge in [0, 0.05) is 32.0 Å². The Morgan fingerprint density at radius 1 is 1.23 bits per heavy atom. The van der Waals surface area contributed by atoms with Crippen LogP contribution in [-0.2, 0) is 6.54 Å². The van der Waals surface area contributed by atoms with Crippen molar-refractivity contribution in [1.29, 1.82) is 0 Å². The predicted octanol–water partition coefficient (Wildman–Crippen LogP) is 3.25. The SMILES string of the molecule is CCCCNC(=O)c1cc(N(C)Cc2ccccc2)ccn1. The van der Waals surface area contributed by atoms with Crippen LogP contribution in [0.25, 0.3) is 0 Å². The minimum Gasteiger partial charge on any atom is -0.370 e. The molecule has 0 aliphatic heterocycles. The standard InChI is InChI=1S/C18H23N3O/c1-3-4-11-20-18(22)17-13-16(10-12-19-17)21(2)14-15-8-6-5-7-9-15/h5-10,12-13H,3-4,11,14H2,1-2H3,(H,20,22). The largest absolute Gasteiger partial charge is 0.370 e. The molecule has 0 atom stereocenters. The predicted molar refractivity (Wildman–Crippen MR) is 90.0 cm³/mol. The Labute approximate surface area is 132 Å². The molecular formula is C18H23N3O. The van der Waals surface area contributed by atoms with E-state index >= 15 is 0 Å². The third-order valence-electron chi connectivity index (χ3n) is 3.50. The average Bonchev–Trinajstić information content (AvgIpc) is 2.56. The molecule has 1 heterocycles. The number of nitrogens with zero attached hydrogens (tertiary/aromatic N) is 2. The van der Waals surface area contributed by atoms with Crippen LogP contribution in [0.15, 0.2) is 48.7 Å². The topological polar surface area (TPSA) is 45.2 Å². The maximum absolute atomic E-state index is 12.1. The van der Waals surface area contributed by atoms with E-state index in [1.54, 1.807) is 6.20 Å². The van der Waals surface area contributed by atoms with Crippen molar-refractivity contribution in [3.8, 4) is 0 Å². The molecule has 4 nitrogen and oxygen atoms in total. The van der Waals surface area contributed by atoms with Crippen molar-refractivity contribution in [2.24, 2.45) is 0 Å². The maximum atomic E-state index is 12.1. The molecule has 0 bridgehead atoms. The van der Waals surface area contributed by atoms with Gasteiger partial charge in [-0.3, -0.25) is 9.78 Å². The fraction of sp³-hybridized carbons (Fsp3) is 0.333. The Morgan fingerprint density at radius 3 is 2.73 bits per heavy atom. The summed E-state index contributed by atoms with van der Waals surface area (Å²) in [5, 5.41) is 2.90. The van der Waals surface area contributed by atoms with E-state index in [0.29, 0.717) is 12.2 Å². The van der Waals surface area contributed by atoms with Crippen molar-refractivity contribution in [3.63, 3.8) is 0 Å². The van der Waals surface area contributed by atoms with Gasteiger partial charge < -0.3 is 10.2 Å². The van der Waals surface area contributed by atoms with Gasteiger partial charge in [0.05, 0.1) is 0 Å². The third kappa shape index (κ3) is 4.58. The molecule has 4 heteroatoms. The molecule has 0 saturated heterocycles. The lowest BCUT2D eigenvalue weighted by Gasteiger charge is -2.19. The summed E-state index contributed by atoms with van der Waals surface area (Å²) >= 11 is 0. The molecule has 116 valence electrons. The van der Waals surface area contributed by atoms with E-state index in [4.69, 9.17) is 0 Å². The summed E-state index contributed by atoms with van der Waals surface area (Å²) in [4.78, 5) is 18.3. The first-order valence-corrected chi connectivity index (χ1v) is 7.70. The summed E-state index contributed by atoms with van der Waals surface area (Å²) in [5.74, 6) is -0.108. The Morgan fingerprint density at radius 2 is 2.00 bits per heavy atom. The van der Waals surface area contributed by atoms with Crippen molar-refractivity contribution in [2.75, 3.05) is 18.5 Å². The molecule has 1 N–H and O–H groups in total. The number of carbonyl (C=O) groups excluding carboxylic acids is 1. The van der Waals surface area contributed by atoms with Crippen molar-refractivity contribution < 1.29 is 4.79 Å². The molecule has 0 aliphatic carbocycles. The van der Waals surface area contributed by atoms with E-state index < -0.39 is 0 Å². The second-order valence-corrected chi connectivity index (χ2v) is 5.35. The van der Waals surface area contributed by atoms with Crippen LogP contribution in [0.3, 0.4) is 0 Å². The first kappa shape index (κ1) is 16.0. The quantitative estimate of drug-likeness (QED) is 0.798. The van der Waals surface area contributed by atoms with Gasteiger partial charge in [0.1, 0.15) is 5.69 Å². The normalized spacial score (nSPS) is 10.3. The molecule has 0 aliphatic rings. The smallest absolute Gasteiger partial charge is 0.269 e. The molecule has 22 heavy (non-hydrogen) atoms. The second kappa shape index (κ2) is 8.17. The first-order valence-electron chi connectivity index (χ1n) is 7.70. The Bertz CT molecular complexity index is 598. The summed E-state index contributed by atoms with van der Waals surface area (Å²) in [7, 11) is 2.01. The number of hydrogen-bond acceptors (Lipinski definition) is 3. The Balaban J connectivity index is 2.02. The van der Waals surface area contributed by atoms with Crippen LogP contribution in [0.1, 0.15) is 35.8 Å². The number of anilines is 1. The highest BCUT2D eigenvalue weighted by Gasteiger charge is 2.09. The number of carbonyl (C=O) groups is 1. The molecule has 0 unspecified atom stereocenters. The van der Waals surface area contributed by atoms with Crippen LogP contribution in [0.2, 0.25) is 0 Å². The van der Waals surface area contributed by atoms with Crippen LogP contribution in [-0.4, -0.2) is 24.5 Å². The van der Waals surface area contributed by atoms with Gasteiger partial charge in [-0.05, 0) is 24.1 Å². The van der Waals surface area contributed by atoms with E-state index in [2.05, 4.69) is 34.3 Å². The van der Waals surface area contributed by atoms with Crippen molar-refractivity contribution in [2.45, 2.75) is 26.3 Å². The molecule has 1 amide bonds. The Kier molecular flexibility index (Phi) is 5.95. The Hall–Kier alpha value is -2.36. The first-order chi connectivity index (χ1) is 10.7. The summed E-state index contributed by atoms with van der Waals surface area (Å²) in [6.45, 7) is 3.59. The summed E-state index contributed by atoms with van der Waals surface area (Å²) in [6, 6.07) is 14.0. The van der Waals surface area contributed by atoms with Crippen LogP contribution in [0.5, 0.6) is 0 Å². The molecule has 0 fully saturated rings. The molecule has 1 aromatic carbocycles. The zero-order chi connectivity index (χ0) is 15.8. The van der Waals surface area contributed by atoms with Gasteiger partial charge in [-0.1, -0.05) is 43.7 Å². The minimum atomic E-state index is -0.108. The minimum absolute atomic E-state index is 0.108. The van der Waals surface area contributed by atoms with Gasteiger partial charge in [-0.2, -0.15) is 0 Å². The number of hydrogen-bond donors (Lipinski definition) is 1. The van der Waals surface area contributed by atoms with Crippen LogP contribution in [0.4, 0.5) is 5.69 Å². The number of amides is 1. The summed E-state index contributed by atoms with van der Waals surface area (Å²) in [5.41, 5.74) is 2.68. The number of pyridine rings is 1. The van der Waals surface area contributed by atoms with Crippen LogP contribution in [0, 0.1) is 0 Å². The lowest BCUT2D eigenvalue weighted by atomic mass is 10.2. The summed E-state index contributed by atoms with van der Waals surface area (Å²) < 4.78 is 0. The molecule has 0 saturated carbocycles. The molecule has 2 aromatic rings. The van der Waals surface area contributed by atoms with Crippen molar-refractivity contribution in [1.82, 2.24) is 10.3 Å². The zero-order valence-corrected chi connectivity index (χ0v) is 13.2. The maximum Gasteiger partial charge on any atom is 0.269 e. The zero-order valence-electron chi connectivity index (χ0n) is 13.2. The van der Waals surface area contributed by atoms with E-state index in [-0.39, 0.29) is 5.91 Å². The van der Waals surface area contributed by atoms with Gasteiger partial charge in [0.15, 0.2) is 0 Å². The lowest BCUT2D eigenvalue weighted by molar-refractivity contribution is 0.0948. The number of unbranched alkanes of at least 4 members (excludes halogenated alkanes) is 1. The number of nitrogens with one attached hydrogen (secondary N) is 1. The fourth-order valence-electron chi connectivity index (χ4n) is 2.20. The van der Waals surface area contributed by atoms with E-state index in [9.17, 15) is 4.79 Å². The van der Waals surface area contributed by atoms with E-state index in [0.717, 1.165) is 25.1 Å². The van der Waals surface area contributed by atoms with Gasteiger partial charge in [-0.15, -0.1) is 0 Å². The van der Waals surface area contributed by atoms with Gasteiger partial charge in [0.2, 0.25) is 0 Å². The highest BCUT2D eigenvalue weighted by Crippen LogP contribution is 2.15. The van der Waals surface area contributed by atoms with Crippen molar-refractivity contribution >= 4 is 11.6 Å². The number of benzene rings is 1. The average molecular weight is 297 g/mol. The second-order valence-electron chi connectivity index (χ2n) is 5.35. The fourth-order valence-corrected chi connectivity index (χ4v) is 2.20. The lowest BCUT2D eigenvalue weighted by Crippen LogP contribution is -2.25. The van der Waals surface area contributed by atoms with Gasteiger partial charge >= 0.3 is 0 Å². The van der Waals surface area contributed by atoms with Crippen LogP contribution >= 0.6 is 0 Å². The van der Waals surface area contributed by atoms with Gasteiger partial charge in [0.25, 0.3) is 5.91 Å². The molecule has 1 aromatic heterocycles. The van der Waals surface area contributed by atoms with Crippen molar-refractivity contribution in [3.05, 3.63) is 59.9 Å². The molecular weight excluding hydrogens is 274 g/mol. The molecule has 0 spiro atoms. The van der Waals surface area contributed by atoms with E-state index in [1.165, 1.54) is 5.56 Å². The molecule has 0 radical (unpaired) electrons. The monoisotopic (exact) mass is 297 g/mol. The molecule has 2 rings (SSSR count). The third-order valence-corrected chi connectivity index (χ3v) is 3.50. The van der Waals surface area contributed by atoms with Crippen LogP contribution < -0.4 is 10.2 Å². The van der Waals surface area contributed by atoms with E-state index in [1.807, 2.05) is 37.4 Å². The number of aromatic nitrogens is 1.